The van der Waals surface area contributed by atoms with Crippen LogP contribution in [0.15, 0.2) is 30.3 Å². The number of nitrogens with one attached hydrogen (secondary N) is 1. The Balaban J connectivity index is 2.06. The number of hydrogen-bond donors (Lipinski definition) is 1. The first-order valence-corrected chi connectivity index (χ1v) is 11.9. The smallest absolute Gasteiger partial charge is 0.374 e. The van der Waals surface area contributed by atoms with Gasteiger partial charge < -0.3 is 10.1 Å². The predicted octanol–water partition coefficient (Wildman–Crippen LogP) is 3.52. The minimum Gasteiger partial charge on any atom is -0.374 e. The van der Waals surface area contributed by atoms with Crippen LogP contribution >= 0.6 is 0 Å². The van der Waals surface area contributed by atoms with Crippen molar-refractivity contribution in [1.29, 1.82) is 0 Å². The molecule has 0 saturated carbocycles. The number of carbonyl (C=O) groups is 2. The summed E-state index contributed by atoms with van der Waals surface area (Å²) in [4.78, 5) is 30.7. The second-order valence-corrected chi connectivity index (χ2v) is 9.87. The zero-order valence-corrected chi connectivity index (χ0v) is 21.3. The van der Waals surface area contributed by atoms with E-state index in [2.05, 4.69) is 5.32 Å². The summed E-state index contributed by atoms with van der Waals surface area (Å²) in [6.07, 6.45) is -2.88. The maximum absolute atomic E-state index is 13.6. The molecule has 0 aliphatic carbocycles. The monoisotopic (exact) mass is 511 g/mol. The van der Waals surface area contributed by atoms with Gasteiger partial charge in [0.2, 0.25) is 5.91 Å². The minimum atomic E-state index is -4.60. The summed E-state index contributed by atoms with van der Waals surface area (Å²) >= 11 is 0. The molecule has 0 spiro atoms. The van der Waals surface area contributed by atoms with Crippen LogP contribution < -0.4 is 15.1 Å². The van der Waals surface area contributed by atoms with Crippen molar-refractivity contribution in [3.05, 3.63) is 47.2 Å². The van der Waals surface area contributed by atoms with E-state index in [1.807, 2.05) is 37.2 Å². The summed E-state index contributed by atoms with van der Waals surface area (Å²) in [7, 11) is 1.86. The number of rotatable bonds is 8. The van der Waals surface area contributed by atoms with Crippen LogP contribution in [0.2, 0.25) is 0 Å². The largest absolute Gasteiger partial charge is 0.416 e. The van der Waals surface area contributed by atoms with Gasteiger partial charge in [0.25, 0.3) is 0 Å². The number of amides is 2. The molecule has 8 nitrogen and oxygen atoms in total. The summed E-state index contributed by atoms with van der Waals surface area (Å²) in [6, 6.07) is 6.04. The van der Waals surface area contributed by atoms with Crippen molar-refractivity contribution in [3.8, 4) is 0 Å². The lowest BCUT2D eigenvalue weighted by atomic mass is 9.92. The molecular weight excluding hydrogens is 477 g/mol. The highest BCUT2D eigenvalue weighted by Crippen LogP contribution is 2.31. The Labute approximate surface area is 208 Å². The maximum Gasteiger partial charge on any atom is 0.416 e. The van der Waals surface area contributed by atoms with E-state index < -0.39 is 17.6 Å². The zero-order chi connectivity index (χ0) is 26.7. The Bertz CT molecular complexity index is 1090. The first-order valence-electron chi connectivity index (χ1n) is 11.9. The molecule has 198 valence electrons. The summed E-state index contributed by atoms with van der Waals surface area (Å²) in [5, 5.41) is 3.61. The fraction of sp³-hybridized carbons (Fsp3) is 0.560. The molecule has 0 radical (unpaired) electrons. The van der Waals surface area contributed by atoms with Gasteiger partial charge in [-0.15, -0.1) is 0 Å². The SMILES string of the molecule is CC(=O)NCCON(C(=O)c1cccc(C(F)(F)F)c1)c1cc(C(C)(C)C)n(C)[n+]1C[C@H]1CCCO1. The molecule has 1 aliphatic heterocycles. The fourth-order valence-corrected chi connectivity index (χ4v) is 4.18. The van der Waals surface area contributed by atoms with Gasteiger partial charge in [-0.25, -0.2) is 9.48 Å². The van der Waals surface area contributed by atoms with E-state index in [0.29, 0.717) is 19.0 Å². The van der Waals surface area contributed by atoms with Gasteiger partial charge in [-0.05, 0) is 36.1 Å². The van der Waals surface area contributed by atoms with Crippen LogP contribution in [0.25, 0.3) is 0 Å². The summed E-state index contributed by atoms with van der Waals surface area (Å²) in [5.41, 5.74) is -0.508. The molecule has 36 heavy (non-hydrogen) atoms. The maximum atomic E-state index is 13.6. The molecule has 1 aromatic heterocycles. The number of anilines is 1. The van der Waals surface area contributed by atoms with Crippen LogP contribution in [0.4, 0.5) is 19.0 Å². The Kier molecular flexibility index (Phi) is 8.45. The van der Waals surface area contributed by atoms with Crippen LogP contribution in [0.5, 0.6) is 0 Å². The van der Waals surface area contributed by atoms with Crippen molar-refractivity contribution in [2.45, 2.75) is 64.8 Å². The summed E-state index contributed by atoms with van der Waals surface area (Å²) in [6.45, 7) is 8.57. The normalized spacial score (nSPS) is 16.3. The molecule has 1 aromatic carbocycles. The lowest BCUT2D eigenvalue weighted by Gasteiger charge is -2.19. The Morgan fingerprint density at radius 3 is 2.56 bits per heavy atom. The van der Waals surface area contributed by atoms with Crippen LogP contribution in [0.3, 0.4) is 0 Å². The van der Waals surface area contributed by atoms with E-state index in [-0.39, 0.29) is 36.1 Å². The number of halogens is 3. The molecule has 3 rings (SSSR count). The predicted molar refractivity (Wildman–Crippen MR) is 126 cm³/mol. The van der Waals surface area contributed by atoms with Gasteiger partial charge >= 0.3 is 17.9 Å². The van der Waals surface area contributed by atoms with Gasteiger partial charge in [0, 0.05) is 32.5 Å². The van der Waals surface area contributed by atoms with E-state index in [4.69, 9.17) is 9.57 Å². The number of benzene rings is 1. The van der Waals surface area contributed by atoms with Gasteiger partial charge in [-0.1, -0.05) is 26.8 Å². The number of hydroxylamine groups is 1. The Morgan fingerprint density at radius 2 is 1.97 bits per heavy atom. The van der Waals surface area contributed by atoms with Crippen LogP contribution in [0.1, 0.15) is 62.2 Å². The fourth-order valence-electron chi connectivity index (χ4n) is 4.18. The molecule has 2 heterocycles. The average Bonchev–Trinajstić information content (AvgIpc) is 3.41. The molecule has 1 fully saturated rings. The van der Waals surface area contributed by atoms with Crippen LogP contribution in [0, 0.1) is 0 Å². The second-order valence-electron chi connectivity index (χ2n) is 9.87. The quantitative estimate of drug-likeness (QED) is 0.334. The molecule has 2 aromatic rings. The van der Waals surface area contributed by atoms with E-state index in [9.17, 15) is 22.8 Å². The van der Waals surface area contributed by atoms with Crippen molar-refractivity contribution >= 4 is 17.6 Å². The molecule has 1 N–H and O–H groups in total. The summed E-state index contributed by atoms with van der Waals surface area (Å²) in [5.74, 6) is -0.656. The van der Waals surface area contributed by atoms with Gasteiger partial charge in [0.1, 0.15) is 13.2 Å². The third kappa shape index (κ3) is 6.64. The first kappa shape index (κ1) is 27.7. The van der Waals surface area contributed by atoms with Crippen molar-refractivity contribution in [1.82, 2.24) is 10.00 Å². The highest BCUT2D eigenvalue weighted by molar-refractivity contribution is 6.04. The third-order valence-electron chi connectivity index (χ3n) is 5.94. The standard InChI is InChI=1S/C25H33F3N4O4/c1-17(33)29-11-13-36-32(23(34)18-8-6-9-19(14-18)25(26,27)28)22-15-21(24(2,3)4)30(5)31(22)16-20-10-7-12-35-20/h6,8-9,14-15,20H,7,10-13,16H2,1-5H3/p+1/t20-/m1/s1. The van der Waals surface area contributed by atoms with E-state index in [1.165, 1.54) is 19.1 Å². The van der Waals surface area contributed by atoms with Crippen molar-refractivity contribution in [2.75, 3.05) is 24.8 Å². The summed E-state index contributed by atoms with van der Waals surface area (Å²) < 4.78 is 49.6. The van der Waals surface area contributed by atoms with Crippen LogP contribution in [-0.4, -0.2) is 42.4 Å². The number of aromatic nitrogens is 2. The lowest BCUT2D eigenvalue weighted by Crippen LogP contribution is -2.52. The number of carbonyl (C=O) groups excluding carboxylic acids is 2. The number of nitrogens with zero attached hydrogens (tertiary/aromatic N) is 3. The van der Waals surface area contributed by atoms with E-state index in [1.54, 1.807) is 6.07 Å². The van der Waals surface area contributed by atoms with Gasteiger partial charge in [-0.2, -0.15) is 22.7 Å². The highest BCUT2D eigenvalue weighted by Gasteiger charge is 2.39. The Hall–Kier alpha value is -2.92. The zero-order valence-electron chi connectivity index (χ0n) is 21.3. The van der Waals surface area contributed by atoms with Gasteiger partial charge in [0.15, 0.2) is 0 Å². The first-order chi connectivity index (χ1) is 16.8. The molecule has 1 saturated heterocycles. The third-order valence-corrected chi connectivity index (χ3v) is 5.94. The molecule has 11 heteroatoms. The van der Waals surface area contributed by atoms with Crippen molar-refractivity contribution < 1.29 is 37.0 Å². The number of hydrogen-bond acceptors (Lipinski definition) is 4. The van der Waals surface area contributed by atoms with E-state index >= 15 is 0 Å². The Morgan fingerprint density at radius 1 is 1.25 bits per heavy atom. The minimum absolute atomic E-state index is 0.0655. The molecule has 0 unspecified atom stereocenters. The molecule has 1 atom stereocenters. The number of ether oxygens (including phenoxy) is 1. The topological polar surface area (TPSA) is 76.7 Å². The highest BCUT2D eigenvalue weighted by atomic mass is 19.4. The molecular formula is C25H34F3N4O4+. The van der Waals surface area contributed by atoms with Crippen LogP contribution in [-0.2, 0) is 39.6 Å². The molecule has 1 aliphatic rings. The van der Waals surface area contributed by atoms with Gasteiger partial charge in [-0.3, -0.25) is 4.79 Å². The van der Waals surface area contributed by atoms with Crippen molar-refractivity contribution in [3.63, 3.8) is 0 Å². The lowest BCUT2D eigenvalue weighted by molar-refractivity contribution is -0.768. The van der Waals surface area contributed by atoms with Crippen molar-refractivity contribution in [2.24, 2.45) is 7.05 Å². The molecule has 2 amide bonds. The number of alkyl halides is 3. The molecule has 0 bridgehead atoms. The average molecular weight is 512 g/mol. The van der Waals surface area contributed by atoms with Gasteiger partial charge in [0.05, 0.1) is 29.0 Å². The van der Waals surface area contributed by atoms with E-state index in [0.717, 1.165) is 35.7 Å². The second kappa shape index (κ2) is 11.0.